The van der Waals surface area contributed by atoms with Crippen LogP contribution in [0.3, 0.4) is 0 Å². The lowest BCUT2D eigenvalue weighted by Crippen LogP contribution is -2.32. The summed E-state index contributed by atoms with van der Waals surface area (Å²) >= 11 is 0. The molecule has 0 amide bonds. The quantitative estimate of drug-likeness (QED) is 0.828. The molecule has 88 valence electrons. The van der Waals surface area contributed by atoms with Gasteiger partial charge in [-0.05, 0) is 43.0 Å². The maximum atomic E-state index is 13.1. The van der Waals surface area contributed by atoms with E-state index in [0.717, 1.165) is 31.0 Å². The van der Waals surface area contributed by atoms with Gasteiger partial charge in [0.15, 0.2) is 0 Å². The SMILES string of the molecule is CCNC(c1cc(F)cc(F)c1)C1CCC1. The standard InChI is InChI=1S/C13H17F2N/c1-2-16-13(9-4-3-5-9)10-6-11(14)8-12(15)7-10/h6-9,13,16H,2-5H2,1H3. The fourth-order valence-electron chi connectivity index (χ4n) is 2.30. The molecule has 1 fully saturated rings. The fraction of sp³-hybridized carbons (Fsp3) is 0.538. The Kier molecular flexibility index (Phi) is 3.54. The molecule has 16 heavy (non-hydrogen) atoms. The molecule has 1 aromatic carbocycles. The average Bonchev–Trinajstić information content (AvgIpc) is 2.12. The Morgan fingerprint density at radius 3 is 2.31 bits per heavy atom. The van der Waals surface area contributed by atoms with Gasteiger partial charge in [-0.25, -0.2) is 8.78 Å². The summed E-state index contributed by atoms with van der Waals surface area (Å²) in [7, 11) is 0. The van der Waals surface area contributed by atoms with Crippen molar-refractivity contribution in [2.45, 2.75) is 32.2 Å². The molecule has 0 aromatic heterocycles. The molecule has 3 heteroatoms. The zero-order valence-electron chi connectivity index (χ0n) is 9.47. The molecule has 0 saturated heterocycles. The summed E-state index contributed by atoms with van der Waals surface area (Å²) in [6, 6.07) is 3.90. The predicted molar refractivity (Wildman–Crippen MR) is 60.1 cm³/mol. The summed E-state index contributed by atoms with van der Waals surface area (Å²) < 4.78 is 26.3. The summed E-state index contributed by atoms with van der Waals surface area (Å²) in [5, 5.41) is 3.32. The Morgan fingerprint density at radius 2 is 1.88 bits per heavy atom. The summed E-state index contributed by atoms with van der Waals surface area (Å²) in [5.41, 5.74) is 0.740. The summed E-state index contributed by atoms with van der Waals surface area (Å²) in [6.45, 7) is 2.83. The van der Waals surface area contributed by atoms with E-state index in [1.807, 2.05) is 6.92 Å². The van der Waals surface area contributed by atoms with Gasteiger partial charge in [-0.2, -0.15) is 0 Å². The van der Waals surface area contributed by atoms with Crippen LogP contribution in [0.2, 0.25) is 0 Å². The molecule has 1 aromatic rings. The maximum Gasteiger partial charge on any atom is 0.126 e. The molecule has 0 aliphatic heterocycles. The Morgan fingerprint density at radius 1 is 1.25 bits per heavy atom. The van der Waals surface area contributed by atoms with E-state index in [9.17, 15) is 8.78 Å². The zero-order valence-corrected chi connectivity index (χ0v) is 9.47. The normalized spacial score (nSPS) is 18.2. The molecule has 1 atom stereocenters. The molecular weight excluding hydrogens is 208 g/mol. The molecule has 0 spiro atoms. The first kappa shape index (κ1) is 11.5. The number of benzene rings is 1. The minimum absolute atomic E-state index is 0.101. The molecule has 2 rings (SSSR count). The Labute approximate surface area is 94.9 Å². The Hall–Kier alpha value is -0.960. The molecule has 1 saturated carbocycles. The van der Waals surface area contributed by atoms with Crippen molar-refractivity contribution < 1.29 is 8.78 Å². The van der Waals surface area contributed by atoms with Crippen LogP contribution in [0.1, 0.15) is 37.8 Å². The largest absolute Gasteiger partial charge is 0.310 e. The molecular formula is C13H17F2N. The van der Waals surface area contributed by atoms with Crippen molar-refractivity contribution in [1.29, 1.82) is 0 Å². The highest BCUT2D eigenvalue weighted by atomic mass is 19.1. The van der Waals surface area contributed by atoms with E-state index >= 15 is 0 Å². The maximum absolute atomic E-state index is 13.1. The van der Waals surface area contributed by atoms with Crippen LogP contribution in [-0.2, 0) is 0 Å². The third-order valence-corrected chi connectivity index (χ3v) is 3.29. The third kappa shape index (κ3) is 2.40. The van der Waals surface area contributed by atoms with Crippen LogP contribution in [0.15, 0.2) is 18.2 Å². The first-order chi connectivity index (χ1) is 7.70. The van der Waals surface area contributed by atoms with Crippen molar-refractivity contribution in [3.8, 4) is 0 Å². The lowest BCUT2D eigenvalue weighted by Gasteiger charge is -2.34. The number of nitrogens with one attached hydrogen (secondary N) is 1. The van der Waals surface area contributed by atoms with Gasteiger partial charge in [0, 0.05) is 12.1 Å². The van der Waals surface area contributed by atoms with E-state index in [0.29, 0.717) is 5.92 Å². The van der Waals surface area contributed by atoms with Crippen molar-refractivity contribution in [3.05, 3.63) is 35.4 Å². The fourth-order valence-corrected chi connectivity index (χ4v) is 2.30. The van der Waals surface area contributed by atoms with E-state index in [1.54, 1.807) is 0 Å². The van der Waals surface area contributed by atoms with Crippen molar-refractivity contribution in [2.24, 2.45) is 5.92 Å². The van der Waals surface area contributed by atoms with Gasteiger partial charge >= 0.3 is 0 Å². The highest BCUT2D eigenvalue weighted by Gasteiger charge is 2.28. The van der Waals surface area contributed by atoms with Crippen LogP contribution in [0, 0.1) is 17.6 Å². The van der Waals surface area contributed by atoms with Gasteiger partial charge in [-0.3, -0.25) is 0 Å². The van der Waals surface area contributed by atoms with E-state index in [-0.39, 0.29) is 6.04 Å². The first-order valence-corrected chi connectivity index (χ1v) is 5.90. The minimum Gasteiger partial charge on any atom is -0.310 e. The van der Waals surface area contributed by atoms with E-state index in [2.05, 4.69) is 5.32 Å². The highest BCUT2D eigenvalue weighted by molar-refractivity contribution is 5.22. The number of hydrogen-bond acceptors (Lipinski definition) is 1. The average molecular weight is 225 g/mol. The van der Waals surface area contributed by atoms with Gasteiger partial charge in [0.25, 0.3) is 0 Å². The van der Waals surface area contributed by atoms with Gasteiger partial charge in [0.05, 0.1) is 0 Å². The van der Waals surface area contributed by atoms with Crippen LogP contribution in [0.25, 0.3) is 0 Å². The van der Waals surface area contributed by atoms with Crippen LogP contribution in [0.4, 0.5) is 8.78 Å². The Balaban J connectivity index is 2.22. The van der Waals surface area contributed by atoms with Crippen LogP contribution >= 0.6 is 0 Å². The first-order valence-electron chi connectivity index (χ1n) is 5.90. The predicted octanol–water partition coefficient (Wildman–Crippen LogP) is 3.42. The van der Waals surface area contributed by atoms with Crippen molar-refractivity contribution in [2.75, 3.05) is 6.54 Å². The molecule has 1 N–H and O–H groups in total. The third-order valence-electron chi connectivity index (χ3n) is 3.29. The lowest BCUT2D eigenvalue weighted by atomic mass is 9.77. The van der Waals surface area contributed by atoms with E-state index in [1.165, 1.54) is 18.6 Å². The second-order valence-electron chi connectivity index (χ2n) is 4.43. The topological polar surface area (TPSA) is 12.0 Å². The minimum atomic E-state index is -0.489. The molecule has 1 nitrogen and oxygen atoms in total. The Bertz CT molecular complexity index is 341. The van der Waals surface area contributed by atoms with Gasteiger partial charge in [-0.15, -0.1) is 0 Å². The van der Waals surface area contributed by atoms with Crippen molar-refractivity contribution in [1.82, 2.24) is 5.32 Å². The zero-order chi connectivity index (χ0) is 11.5. The van der Waals surface area contributed by atoms with Gasteiger partial charge in [-0.1, -0.05) is 13.3 Å². The molecule has 1 unspecified atom stereocenters. The number of rotatable bonds is 4. The lowest BCUT2D eigenvalue weighted by molar-refractivity contribution is 0.232. The molecule has 0 radical (unpaired) electrons. The highest BCUT2D eigenvalue weighted by Crippen LogP contribution is 2.37. The van der Waals surface area contributed by atoms with Gasteiger partial charge in [0.1, 0.15) is 11.6 Å². The number of hydrogen-bond donors (Lipinski definition) is 1. The van der Waals surface area contributed by atoms with E-state index < -0.39 is 11.6 Å². The number of halogens is 2. The molecule has 1 aliphatic carbocycles. The molecule has 0 bridgehead atoms. The monoisotopic (exact) mass is 225 g/mol. The van der Waals surface area contributed by atoms with Crippen LogP contribution < -0.4 is 5.32 Å². The molecule has 1 aliphatic rings. The summed E-state index contributed by atoms with van der Waals surface area (Å²) in [5.74, 6) is -0.449. The molecule has 0 heterocycles. The second-order valence-corrected chi connectivity index (χ2v) is 4.43. The van der Waals surface area contributed by atoms with Crippen LogP contribution in [0.5, 0.6) is 0 Å². The van der Waals surface area contributed by atoms with Crippen molar-refractivity contribution >= 4 is 0 Å². The van der Waals surface area contributed by atoms with E-state index in [4.69, 9.17) is 0 Å². The van der Waals surface area contributed by atoms with Gasteiger partial charge < -0.3 is 5.32 Å². The smallest absolute Gasteiger partial charge is 0.126 e. The summed E-state index contributed by atoms with van der Waals surface area (Å²) in [4.78, 5) is 0. The second kappa shape index (κ2) is 4.91. The van der Waals surface area contributed by atoms with Crippen molar-refractivity contribution in [3.63, 3.8) is 0 Å². The van der Waals surface area contributed by atoms with Gasteiger partial charge in [0.2, 0.25) is 0 Å². The van der Waals surface area contributed by atoms with Crippen LogP contribution in [-0.4, -0.2) is 6.54 Å². The summed E-state index contributed by atoms with van der Waals surface area (Å²) in [6.07, 6.45) is 3.52.